The van der Waals surface area contributed by atoms with Crippen molar-refractivity contribution in [3.05, 3.63) is 157 Å². The van der Waals surface area contributed by atoms with Crippen molar-refractivity contribution in [2.75, 3.05) is 0 Å². The third-order valence-corrected chi connectivity index (χ3v) is 8.73. The molecule has 4 heteroatoms. The van der Waals surface area contributed by atoms with E-state index in [1.165, 1.54) is 33.4 Å². The first kappa shape index (κ1) is 25.2. The number of hydrogen-bond acceptors (Lipinski definition) is 4. The van der Waals surface area contributed by atoms with Gasteiger partial charge < -0.3 is 0 Å². The van der Waals surface area contributed by atoms with Crippen molar-refractivity contribution in [2.45, 2.75) is 12.8 Å². The van der Waals surface area contributed by atoms with Gasteiger partial charge >= 0.3 is 0 Å². The van der Waals surface area contributed by atoms with Crippen molar-refractivity contribution in [3.8, 4) is 45.0 Å². The molecule has 0 saturated carbocycles. The molecule has 2 aliphatic rings. The molecule has 0 N–H and O–H groups in total. The molecule has 0 bridgehead atoms. The van der Waals surface area contributed by atoms with E-state index < -0.39 is 0 Å². The zero-order valence-electron chi connectivity index (χ0n) is 23.7. The molecule has 0 radical (unpaired) electrons. The van der Waals surface area contributed by atoms with Gasteiger partial charge in [-0.2, -0.15) is 0 Å². The summed E-state index contributed by atoms with van der Waals surface area (Å²) in [5.74, 6) is 0.559. The molecule has 4 aromatic heterocycles. The van der Waals surface area contributed by atoms with Gasteiger partial charge in [0, 0.05) is 36.3 Å². The molecule has 0 fully saturated rings. The van der Waals surface area contributed by atoms with Crippen LogP contribution in [0.2, 0.25) is 0 Å². The summed E-state index contributed by atoms with van der Waals surface area (Å²) in [5, 5.41) is 0. The molecule has 0 spiro atoms. The molecule has 4 heterocycles. The van der Waals surface area contributed by atoms with Crippen molar-refractivity contribution < 1.29 is 0 Å². The Morgan fingerprint density at radius 2 is 1.07 bits per heavy atom. The number of pyridine rings is 4. The van der Waals surface area contributed by atoms with E-state index in [1.54, 1.807) is 12.4 Å². The Morgan fingerprint density at radius 1 is 0.465 bits per heavy atom. The minimum atomic E-state index is 0.268. The Kier molecular flexibility index (Phi) is 6.11. The quantitative estimate of drug-likeness (QED) is 0.219. The third-order valence-electron chi connectivity index (χ3n) is 8.73. The number of fused-ring (bicyclic) bond motifs is 6. The smallest absolute Gasteiger partial charge is 0.0886 e. The van der Waals surface area contributed by atoms with Gasteiger partial charge in [-0.1, -0.05) is 79.7 Å². The predicted octanol–water partition coefficient (Wildman–Crippen LogP) is 9.15. The molecule has 2 unspecified atom stereocenters. The van der Waals surface area contributed by atoms with E-state index in [2.05, 4.69) is 95.8 Å². The second-order valence-corrected chi connectivity index (χ2v) is 11.2. The average Bonchev–Trinajstić information content (AvgIpc) is 3.09. The summed E-state index contributed by atoms with van der Waals surface area (Å²) in [4.78, 5) is 18.4. The van der Waals surface area contributed by atoms with Gasteiger partial charge in [0.2, 0.25) is 0 Å². The van der Waals surface area contributed by atoms with Crippen LogP contribution >= 0.6 is 0 Å². The third kappa shape index (κ3) is 4.39. The van der Waals surface area contributed by atoms with Gasteiger partial charge in [-0.05, 0) is 92.9 Å². The van der Waals surface area contributed by atoms with Crippen LogP contribution in [-0.4, -0.2) is 19.9 Å². The number of nitrogens with zero attached hydrogens (tertiary/aromatic N) is 4. The van der Waals surface area contributed by atoms with Gasteiger partial charge in [0.05, 0.1) is 22.8 Å². The lowest BCUT2D eigenvalue weighted by atomic mass is 9.65. The van der Waals surface area contributed by atoms with Crippen LogP contribution < -0.4 is 0 Å². The molecule has 43 heavy (non-hydrogen) atoms. The van der Waals surface area contributed by atoms with Crippen LogP contribution in [0.25, 0.3) is 56.2 Å². The maximum Gasteiger partial charge on any atom is 0.0886 e. The highest BCUT2D eigenvalue weighted by Gasteiger charge is 2.36. The minimum Gasteiger partial charge on any atom is -0.255 e. The lowest BCUT2D eigenvalue weighted by Crippen LogP contribution is -2.20. The predicted molar refractivity (Wildman–Crippen MR) is 174 cm³/mol. The Balaban J connectivity index is 1.17. The zero-order chi connectivity index (χ0) is 28.8. The summed E-state index contributed by atoms with van der Waals surface area (Å²) >= 11 is 0. The molecule has 2 aliphatic carbocycles. The number of aromatic nitrogens is 4. The second-order valence-electron chi connectivity index (χ2n) is 11.2. The summed E-state index contributed by atoms with van der Waals surface area (Å²) in [6, 6.07) is 36.0. The van der Waals surface area contributed by atoms with Crippen molar-refractivity contribution in [3.63, 3.8) is 0 Å². The van der Waals surface area contributed by atoms with E-state index in [1.807, 2.05) is 48.8 Å². The Morgan fingerprint density at radius 3 is 1.72 bits per heavy atom. The SMILES string of the molecule is CC1C(c2ccc(-c3ccccn3)nc2)=CC=C2c3ccc(-c4ccc(-c5ccccn5)nc4)cc3-c3ccccc3C21. The number of rotatable bonds is 4. The van der Waals surface area contributed by atoms with Gasteiger partial charge in [-0.25, -0.2) is 0 Å². The number of allylic oxidation sites excluding steroid dienone is 4. The maximum atomic E-state index is 4.77. The summed E-state index contributed by atoms with van der Waals surface area (Å²) in [6.45, 7) is 2.35. The topological polar surface area (TPSA) is 51.6 Å². The van der Waals surface area contributed by atoms with Gasteiger partial charge in [0.1, 0.15) is 0 Å². The summed E-state index contributed by atoms with van der Waals surface area (Å²) in [6.07, 6.45) is 12.2. The highest BCUT2D eigenvalue weighted by Crippen LogP contribution is 2.54. The van der Waals surface area contributed by atoms with Crippen LogP contribution in [0.5, 0.6) is 0 Å². The first-order valence-electron chi connectivity index (χ1n) is 14.7. The molecular formula is C39H28N4. The summed E-state index contributed by atoms with van der Waals surface area (Å²) in [7, 11) is 0. The molecule has 0 saturated heterocycles. The van der Waals surface area contributed by atoms with Crippen molar-refractivity contribution >= 4 is 11.1 Å². The molecule has 0 amide bonds. The fourth-order valence-corrected chi connectivity index (χ4v) is 6.61. The molecule has 2 aromatic carbocycles. The first-order chi connectivity index (χ1) is 21.2. The van der Waals surface area contributed by atoms with Crippen LogP contribution in [0.1, 0.15) is 29.5 Å². The van der Waals surface area contributed by atoms with E-state index in [4.69, 9.17) is 9.97 Å². The first-order valence-corrected chi connectivity index (χ1v) is 14.7. The van der Waals surface area contributed by atoms with Crippen molar-refractivity contribution in [1.29, 1.82) is 0 Å². The maximum absolute atomic E-state index is 4.77. The molecular weight excluding hydrogens is 524 g/mol. The number of hydrogen-bond donors (Lipinski definition) is 0. The van der Waals surface area contributed by atoms with Crippen molar-refractivity contribution in [2.24, 2.45) is 5.92 Å². The Labute approximate surface area is 251 Å². The Hall–Kier alpha value is -5.48. The average molecular weight is 553 g/mol. The van der Waals surface area contributed by atoms with Crippen LogP contribution in [0.3, 0.4) is 0 Å². The largest absolute Gasteiger partial charge is 0.255 e. The lowest BCUT2D eigenvalue weighted by Gasteiger charge is -2.38. The van der Waals surface area contributed by atoms with Gasteiger partial charge in [0.25, 0.3) is 0 Å². The monoisotopic (exact) mass is 552 g/mol. The fourth-order valence-electron chi connectivity index (χ4n) is 6.61. The van der Waals surface area contributed by atoms with Crippen LogP contribution in [0.4, 0.5) is 0 Å². The molecule has 2 atom stereocenters. The standard InChI is InChI=1S/C39H28N4/c1-25-29(28-14-19-38(43-24-28)36-11-5-7-21-41-36)16-17-33-31-15-12-26(22-34(31)30-8-2-3-9-32(30)39(25)33)27-13-18-37(42-23-27)35-10-4-6-20-40-35/h2-25,39H,1H3. The molecule has 6 aromatic rings. The van der Waals surface area contributed by atoms with E-state index in [-0.39, 0.29) is 5.92 Å². The van der Waals surface area contributed by atoms with Crippen LogP contribution in [0, 0.1) is 5.92 Å². The molecule has 8 rings (SSSR count). The van der Waals surface area contributed by atoms with Crippen molar-refractivity contribution in [1.82, 2.24) is 19.9 Å². The van der Waals surface area contributed by atoms with Gasteiger partial charge in [-0.3, -0.25) is 19.9 Å². The molecule has 4 nitrogen and oxygen atoms in total. The lowest BCUT2D eigenvalue weighted by molar-refractivity contribution is 0.665. The normalized spacial score (nSPS) is 16.8. The van der Waals surface area contributed by atoms with Crippen LogP contribution in [-0.2, 0) is 0 Å². The molecule has 204 valence electrons. The van der Waals surface area contributed by atoms with E-state index in [0.717, 1.165) is 39.5 Å². The van der Waals surface area contributed by atoms with Gasteiger partial charge in [-0.15, -0.1) is 0 Å². The highest BCUT2D eigenvalue weighted by atomic mass is 14.8. The highest BCUT2D eigenvalue weighted by molar-refractivity contribution is 5.96. The number of benzene rings is 2. The minimum absolute atomic E-state index is 0.268. The van der Waals surface area contributed by atoms with Crippen LogP contribution in [0.15, 0.2) is 140 Å². The van der Waals surface area contributed by atoms with E-state index in [0.29, 0.717) is 5.92 Å². The summed E-state index contributed by atoms with van der Waals surface area (Å²) in [5.41, 5.74) is 14.9. The second kappa shape index (κ2) is 10.4. The summed E-state index contributed by atoms with van der Waals surface area (Å²) < 4.78 is 0. The zero-order valence-corrected chi connectivity index (χ0v) is 23.7. The Bertz CT molecular complexity index is 2010. The van der Waals surface area contributed by atoms with E-state index >= 15 is 0 Å². The van der Waals surface area contributed by atoms with E-state index in [9.17, 15) is 0 Å². The fraction of sp³-hybridized carbons (Fsp3) is 0.0769. The van der Waals surface area contributed by atoms with Gasteiger partial charge in [0.15, 0.2) is 0 Å². The molecule has 0 aliphatic heterocycles.